The first-order chi connectivity index (χ1) is 26.7. The second-order valence-corrected chi connectivity index (χ2v) is 13.4. The van der Waals surface area contributed by atoms with Gasteiger partial charge in [-0.2, -0.15) is 10.2 Å². The molecule has 0 aliphatic carbocycles. The summed E-state index contributed by atoms with van der Waals surface area (Å²) >= 11 is 0. The van der Waals surface area contributed by atoms with Crippen molar-refractivity contribution in [2.75, 3.05) is 36.9 Å². The summed E-state index contributed by atoms with van der Waals surface area (Å²) in [5.74, 6) is -0.488. The molecular weight excluding hydrogens is 701 g/mol. The van der Waals surface area contributed by atoms with Gasteiger partial charge in [0.2, 0.25) is 17.8 Å². The number of carbonyl (C=O) groups excluding carboxylic acids is 3. The van der Waals surface area contributed by atoms with E-state index in [4.69, 9.17) is 20.4 Å². The molecule has 0 atom stereocenters. The number of hydrogen-bond donors (Lipinski definition) is 3. The molecule has 16 heteroatoms. The number of nitrogens with zero attached hydrogens (tertiary/aromatic N) is 9. The number of morpholine rings is 1. The fourth-order valence-electron chi connectivity index (χ4n) is 6.95. The van der Waals surface area contributed by atoms with Gasteiger partial charge in [-0.05, 0) is 69.2 Å². The summed E-state index contributed by atoms with van der Waals surface area (Å²) in [5.41, 5.74) is 12.3. The van der Waals surface area contributed by atoms with Crippen molar-refractivity contribution >= 4 is 51.7 Å². The Kier molecular flexibility index (Phi) is 10.9. The van der Waals surface area contributed by atoms with Crippen LogP contribution >= 0.6 is 0 Å². The number of rotatable bonds is 14. The molecule has 2 aromatic carbocycles. The minimum absolute atomic E-state index is 0.287. The molecular formula is C39H46N12O4. The van der Waals surface area contributed by atoms with Gasteiger partial charge in [0.1, 0.15) is 11.4 Å². The normalized spacial score (nSPS) is 13.7. The lowest BCUT2D eigenvalue weighted by Gasteiger charge is -2.27. The van der Waals surface area contributed by atoms with Crippen molar-refractivity contribution in [3.63, 3.8) is 0 Å². The van der Waals surface area contributed by atoms with E-state index >= 15 is 0 Å². The fourth-order valence-corrected chi connectivity index (χ4v) is 6.95. The Hall–Kier alpha value is -6.13. The lowest BCUT2D eigenvalue weighted by atomic mass is 10.1. The van der Waals surface area contributed by atoms with Crippen LogP contribution in [0.25, 0.3) is 22.1 Å². The Bertz CT molecular complexity index is 2410. The zero-order valence-electron chi connectivity index (χ0n) is 31.6. The van der Waals surface area contributed by atoms with E-state index in [2.05, 4.69) is 31.8 Å². The molecule has 4 aromatic heterocycles. The van der Waals surface area contributed by atoms with E-state index in [9.17, 15) is 14.4 Å². The second kappa shape index (κ2) is 16.1. The van der Waals surface area contributed by atoms with Crippen molar-refractivity contribution in [1.82, 2.24) is 43.6 Å². The zero-order valence-corrected chi connectivity index (χ0v) is 31.6. The van der Waals surface area contributed by atoms with Gasteiger partial charge in [0, 0.05) is 51.4 Å². The molecule has 286 valence electrons. The first-order valence-corrected chi connectivity index (χ1v) is 18.6. The highest BCUT2D eigenvalue weighted by molar-refractivity contribution is 6.04. The third kappa shape index (κ3) is 7.77. The van der Waals surface area contributed by atoms with E-state index in [0.717, 1.165) is 41.1 Å². The first kappa shape index (κ1) is 37.2. The number of primary amides is 1. The second-order valence-electron chi connectivity index (χ2n) is 13.4. The summed E-state index contributed by atoms with van der Waals surface area (Å²) in [7, 11) is 0. The van der Waals surface area contributed by atoms with Crippen molar-refractivity contribution in [2.45, 2.75) is 66.8 Å². The van der Waals surface area contributed by atoms with Gasteiger partial charge in [-0.3, -0.25) is 39.3 Å². The number of hydrogen-bond acceptors (Lipinski definition) is 9. The quantitative estimate of drug-likeness (QED) is 0.136. The molecule has 0 bridgehead atoms. The number of ether oxygens (including phenoxy) is 1. The van der Waals surface area contributed by atoms with Crippen LogP contribution < -0.4 is 16.4 Å². The predicted octanol–water partition coefficient (Wildman–Crippen LogP) is 4.38. The largest absolute Gasteiger partial charge is 0.379 e. The van der Waals surface area contributed by atoms with Crippen molar-refractivity contribution in [2.24, 2.45) is 5.73 Å². The number of amides is 3. The van der Waals surface area contributed by atoms with Crippen LogP contribution in [0, 0.1) is 6.92 Å². The van der Waals surface area contributed by atoms with E-state index in [0.29, 0.717) is 92.2 Å². The molecule has 1 fully saturated rings. The maximum Gasteiger partial charge on any atom is 0.276 e. The summed E-state index contributed by atoms with van der Waals surface area (Å²) in [6.07, 6.45) is 4.69. The molecule has 0 radical (unpaired) electrons. The highest BCUT2D eigenvalue weighted by Gasteiger charge is 2.22. The van der Waals surface area contributed by atoms with E-state index in [1.165, 1.54) is 0 Å². The standard InChI is InChI=1S/C39H46N12O4/c1-5-28-23-33(51(7-3)46-28)37(54)44-39-41-29-12-10-11-27(24-47-17-19-55-20-18-47)34(29)49(39)16-9-8-15-48-31-14-13-26(35(40)52)22-30(31)42-38(48)43-36(53)32-21-25(4)45-50(32)6-2/h8-14,21-23H,5-7,15-20,24H2,1-4H3,(H2,40,52)(H,41,44,54)(H,42,43,53)/b9-8+. The summed E-state index contributed by atoms with van der Waals surface area (Å²) < 4.78 is 12.8. The van der Waals surface area contributed by atoms with Crippen LogP contribution in [0.5, 0.6) is 0 Å². The minimum atomic E-state index is -0.572. The zero-order chi connectivity index (χ0) is 38.6. The number of nitrogens with one attached hydrogen (secondary N) is 2. The first-order valence-electron chi connectivity index (χ1n) is 18.6. The van der Waals surface area contributed by atoms with Crippen LogP contribution in [0.3, 0.4) is 0 Å². The minimum Gasteiger partial charge on any atom is -0.379 e. The van der Waals surface area contributed by atoms with Gasteiger partial charge in [0.15, 0.2) is 0 Å². The molecule has 4 N–H and O–H groups in total. The lowest BCUT2D eigenvalue weighted by Crippen LogP contribution is -2.35. The number of aromatic nitrogens is 8. The van der Waals surface area contributed by atoms with Crippen LogP contribution in [0.15, 0.2) is 60.7 Å². The number of nitrogens with two attached hydrogens (primary N) is 1. The Balaban J connectivity index is 1.22. The van der Waals surface area contributed by atoms with Crippen molar-refractivity contribution < 1.29 is 19.1 Å². The molecule has 6 aromatic rings. The van der Waals surface area contributed by atoms with E-state index < -0.39 is 5.91 Å². The number of fused-ring (bicyclic) bond motifs is 2. The molecule has 55 heavy (non-hydrogen) atoms. The van der Waals surface area contributed by atoms with Crippen LogP contribution in [0.2, 0.25) is 0 Å². The summed E-state index contributed by atoms with van der Waals surface area (Å²) in [4.78, 5) is 51.2. The average molecular weight is 747 g/mol. The Morgan fingerprint density at radius 2 is 1.47 bits per heavy atom. The number of benzene rings is 2. The molecule has 16 nitrogen and oxygen atoms in total. The number of para-hydroxylation sites is 1. The van der Waals surface area contributed by atoms with Gasteiger partial charge in [-0.25, -0.2) is 9.97 Å². The van der Waals surface area contributed by atoms with Crippen LogP contribution in [-0.2, 0) is 43.9 Å². The van der Waals surface area contributed by atoms with Gasteiger partial charge >= 0.3 is 0 Å². The number of imidazole rings is 2. The molecule has 3 amide bonds. The number of carbonyl (C=O) groups is 3. The molecule has 0 spiro atoms. The van der Waals surface area contributed by atoms with Crippen molar-refractivity contribution in [3.05, 3.63) is 94.6 Å². The van der Waals surface area contributed by atoms with Gasteiger partial charge in [-0.15, -0.1) is 0 Å². The van der Waals surface area contributed by atoms with Gasteiger partial charge < -0.3 is 19.6 Å². The van der Waals surface area contributed by atoms with Crippen molar-refractivity contribution in [3.8, 4) is 0 Å². The highest BCUT2D eigenvalue weighted by Crippen LogP contribution is 2.27. The predicted molar refractivity (Wildman–Crippen MR) is 209 cm³/mol. The number of aryl methyl sites for hydroxylation is 4. The summed E-state index contributed by atoms with van der Waals surface area (Å²) in [5, 5.41) is 15.0. The van der Waals surface area contributed by atoms with Crippen molar-refractivity contribution in [1.29, 1.82) is 0 Å². The molecule has 1 saturated heterocycles. The molecule has 0 unspecified atom stereocenters. The third-order valence-corrected chi connectivity index (χ3v) is 9.73. The van der Waals surface area contributed by atoms with Crippen LogP contribution in [-0.4, -0.2) is 87.6 Å². The van der Waals surface area contributed by atoms with E-state index in [1.807, 2.05) is 67.2 Å². The molecule has 5 heterocycles. The maximum absolute atomic E-state index is 13.8. The molecule has 1 aliphatic rings. The summed E-state index contributed by atoms with van der Waals surface area (Å²) in [6.45, 7) is 13.3. The number of allylic oxidation sites excluding steroid dienone is 2. The van der Waals surface area contributed by atoms with Gasteiger partial charge in [-0.1, -0.05) is 31.2 Å². The fraction of sp³-hybridized carbons (Fsp3) is 0.359. The molecule has 7 rings (SSSR count). The third-order valence-electron chi connectivity index (χ3n) is 9.73. The maximum atomic E-state index is 13.8. The Morgan fingerprint density at radius 1 is 0.818 bits per heavy atom. The average Bonchev–Trinajstić information content (AvgIpc) is 3.96. The SMILES string of the molecule is CCc1cc(C(=O)Nc2nc3cccc(CN4CCOCC4)c3n2C/C=C/Cn2c(NC(=O)c3cc(C)nn3CC)nc3cc(C(N)=O)ccc32)n(CC)n1. The topological polar surface area (TPSA) is 185 Å². The molecule has 1 aliphatic heterocycles. The van der Waals surface area contributed by atoms with Gasteiger partial charge in [0.05, 0.1) is 46.7 Å². The van der Waals surface area contributed by atoms with Crippen LogP contribution in [0.4, 0.5) is 11.9 Å². The summed E-state index contributed by atoms with van der Waals surface area (Å²) in [6, 6.07) is 14.6. The highest BCUT2D eigenvalue weighted by atomic mass is 16.5. The smallest absolute Gasteiger partial charge is 0.276 e. The number of anilines is 2. The monoisotopic (exact) mass is 746 g/mol. The van der Waals surface area contributed by atoms with Crippen LogP contribution in [0.1, 0.15) is 69.1 Å². The Labute approximate surface area is 317 Å². The lowest BCUT2D eigenvalue weighted by molar-refractivity contribution is 0.0343. The van der Waals surface area contributed by atoms with Gasteiger partial charge in [0.25, 0.3) is 11.8 Å². The van der Waals surface area contributed by atoms with E-state index in [1.54, 1.807) is 33.6 Å². The Morgan fingerprint density at radius 3 is 2.16 bits per heavy atom. The molecule has 0 saturated carbocycles. The van der Waals surface area contributed by atoms with E-state index in [-0.39, 0.29) is 11.8 Å².